The first-order chi connectivity index (χ1) is 13.1. The number of benzene rings is 1. The van der Waals surface area contributed by atoms with Gasteiger partial charge in [0.25, 0.3) is 5.91 Å². The van der Waals surface area contributed by atoms with E-state index in [0.29, 0.717) is 36.7 Å². The van der Waals surface area contributed by atoms with Crippen molar-refractivity contribution >= 4 is 23.3 Å². The van der Waals surface area contributed by atoms with Gasteiger partial charge in [0.15, 0.2) is 0 Å². The Labute approximate surface area is 158 Å². The second-order valence-electron chi connectivity index (χ2n) is 6.28. The van der Waals surface area contributed by atoms with E-state index in [2.05, 4.69) is 15.2 Å². The molecule has 27 heavy (non-hydrogen) atoms. The van der Waals surface area contributed by atoms with Crippen LogP contribution in [0.15, 0.2) is 42.6 Å². The average Bonchev–Trinajstić information content (AvgIpc) is 2.70. The lowest BCUT2D eigenvalue weighted by Crippen LogP contribution is -2.48. The van der Waals surface area contributed by atoms with Gasteiger partial charge in [-0.2, -0.15) is 0 Å². The fourth-order valence-corrected chi connectivity index (χ4v) is 3.00. The molecular weight excluding hydrogens is 344 g/mol. The first-order valence-electron chi connectivity index (χ1n) is 9.08. The highest BCUT2D eigenvalue weighted by atomic mass is 16.5. The standard InChI is InChI=1S/C20H24N4O3/c1-3-27-18-7-5-4-6-17(18)22-20(26)16-8-9-19(21-14-16)24-12-10-23(11-13-24)15(2)25/h4-9,14H,3,10-13H2,1-2H3,(H,22,26). The Morgan fingerprint density at radius 2 is 1.85 bits per heavy atom. The van der Waals surface area contributed by atoms with Crippen molar-refractivity contribution in [3.05, 3.63) is 48.2 Å². The van der Waals surface area contributed by atoms with E-state index < -0.39 is 0 Å². The van der Waals surface area contributed by atoms with Crippen LogP contribution in [-0.2, 0) is 4.79 Å². The number of aromatic nitrogens is 1. The molecule has 1 N–H and O–H groups in total. The molecule has 0 saturated carbocycles. The van der Waals surface area contributed by atoms with Crippen molar-refractivity contribution in [3.8, 4) is 5.75 Å². The van der Waals surface area contributed by atoms with E-state index in [1.807, 2.05) is 36.1 Å². The smallest absolute Gasteiger partial charge is 0.257 e. The van der Waals surface area contributed by atoms with Gasteiger partial charge in [-0.3, -0.25) is 9.59 Å². The summed E-state index contributed by atoms with van der Waals surface area (Å²) < 4.78 is 5.53. The number of amides is 2. The topological polar surface area (TPSA) is 74.8 Å². The number of anilines is 2. The zero-order valence-corrected chi connectivity index (χ0v) is 15.6. The molecule has 0 spiro atoms. The maximum Gasteiger partial charge on any atom is 0.257 e. The van der Waals surface area contributed by atoms with Crippen LogP contribution >= 0.6 is 0 Å². The first-order valence-corrected chi connectivity index (χ1v) is 9.08. The number of ether oxygens (including phenoxy) is 1. The molecule has 7 nitrogen and oxygen atoms in total. The number of para-hydroxylation sites is 2. The molecule has 2 heterocycles. The third-order valence-corrected chi connectivity index (χ3v) is 4.49. The van der Waals surface area contributed by atoms with Gasteiger partial charge in [0, 0.05) is 39.3 Å². The second-order valence-corrected chi connectivity index (χ2v) is 6.28. The van der Waals surface area contributed by atoms with Crippen LogP contribution in [0.1, 0.15) is 24.2 Å². The number of hydrogen-bond acceptors (Lipinski definition) is 5. The Morgan fingerprint density at radius 1 is 1.11 bits per heavy atom. The summed E-state index contributed by atoms with van der Waals surface area (Å²) in [5.74, 6) is 1.32. The van der Waals surface area contributed by atoms with Gasteiger partial charge in [0.1, 0.15) is 11.6 Å². The molecule has 2 amide bonds. The minimum atomic E-state index is -0.234. The molecule has 1 saturated heterocycles. The van der Waals surface area contributed by atoms with Gasteiger partial charge in [-0.1, -0.05) is 12.1 Å². The number of hydrogen-bond donors (Lipinski definition) is 1. The number of nitrogens with one attached hydrogen (secondary N) is 1. The van der Waals surface area contributed by atoms with Crippen LogP contribution in [0.2, 0.25) is 0 Å². The predicted octanol–water partition coefficient (Wildman–Crippen LogP) is 2.40. The summed E-state index contributed by atoms with van der Waals surface area (Å²) in [5, 5.41) is 2.87. The summed E-state index contributed by atoms with van der Waals surface area (Å²) >= 11 is 0. The van der Waals surface area contributed by atoms with Crippen molar-refractivity contribution in [2.24, 2.45) is 0 Å². The van der Waals surface area contributed by atoms with Crippen LogP contribution in [-0.4, -0.2) is 54.5 Å². The lowest BCUT2D eigenvalue weighted by atomic mass is 10.2. The van der Waals surface area contributed by atoms with Gasteiger partial charge < -0.3 is 19.9 Å². The number of carbonyl (C=O) groups excluding carboxylic acids is 2. The third kappa shape index (κ3) is 4.55. The minimum Gasteiger partial charge on any atom is -0.492 e. The SMILES string of the molecule is CCOc1ccccc1NC(=O)c1ccc(N2CCN(C(C)=O)CC2)nc1. The number of rotatable bonds is 5. The van der Waals surface area contributed by atoms with Gasteiger partial charge in [-0.25, -0.2) is 4.98 Å². The van der Waals surface area contributed by atoms with Crippen molar-refractivity contribution in [3.63, 3.8) is 0 Å². The molecule has 7 heteroatoms. The summed E-state index contributed by atoms with van der Waals surface area (Å²) in [6.45, 7) is 6.86. The summed E-state index contributed by atoms with van der Waals surface area (Å²) in [6, 6.07) is 10.9. The zero-order valence-electron chi connectivity index (χ0n) is 15.6. The minimum absolute atomic E-state index is 0.0990. The van der Waals surface area contributed by atoms with Gasteiger partial charge in [0.2, 0.25) is 5.91 Å². The van der Waals surface area contributed by atoms with Crippen molar-refractivity contribution in [2.45, 2.75) is 13.8 Å². The Balaban J connectivity index is 1.64. The van der Waals surface area contributed by atoms with E-state index in [1.54, 1.807) is 25.3 Å². The quantitative estimate of drug-likeness (QED) is 0.877. The molecule has 1 aromatic heterocycles. The molecule has 0 bridgehead atoms. The van der Waals surface area contributed by atoms with E-state index in [0.717, 1.165) is 18.9 Å². The number of piperazine rings is 1. The van der Waals surface area contributed by atoms with Crippen LogP contribution in [0.3, 0.4) is 0 Å². The third-order valence-electron chi connectivity index (χ3n) is 4.49. The number of nitrogens with zero attached hydrogens (tertiary/aromatic N) is 3. The van der Waals surface area contributed by atoms with Gasteiger partial charge >= 0.3 is 0 Å². The molecule has 1 aromatic carbocycles. The molecule has 1 aliphatic rings. The van der Waals surface area contributed by atoms with E-state index in [9.17, 15) is 9.59 Å². The maximum absolute atomic E-state index is 12.5. The fourth-order valence-electron chi connectivity index (χ4n) is 3.00. The van der Waals surface area contributed by atoms with Crippen molar-refractivity contribution in [2.75, 3.05) is 43.0 Å². The normalized spacial score (nSPS) is 14.0. The van der Waals surface area contributed by atoms with Crippen molar-refractivity contribution in [1.82, 2.24) is 9.88 Å². The van der Waals surface area contributed by atoms with E-state index in [1.165, 1.54) is 0 Å². The van der Waals surface area contributed by atoms with E-state index >= 15 is 0 Å². The summed E-state index contributed by atoms with van der Waals surface area (Å²) in [7, 11) is 0. The molecule has 0 unspecified atom stereocenters. The van der Waals surface area contributed by atoms with E-state index in [-0.39, 0.29) is 11.8 Å². The highest BCUT2D eigenvalue weighted by Crippen LogP contribution is 2.24. The first kappa shape index (κ1) is 18.7. The van der Waals surface area contributed by atoms with Gasteiger partial charge in [-0.15, -0.1) is 0 Å². The molecule has 0 aliphatic carbocycles. The summed E-state index contributed by atoms with van der Waals surface area (Å²) in [6.07, 6.45) is 1.57. The highest BCUT2D eigenvalue weighted by Gasteiger charge is 2.20. The fraction of sp³-hybridized carbons (Fsp3) is 0.350. The molecule has 0 radical (unpaired) electrons. The Hall–Kier alpha value is -3.09. The Bertz CT molecular complexity index is 799. The molecule has 142 valence electrons. The highest BCUT2D eigenvalue weighted by molar-refractivity contribution is 6.04. The summed E-state index contributed by atoms with van der Waals surface area (Å²) in [5.41, 5.74) is 1.11. The monoisotopic (exact) mass is 368 g/mol. The van der Waals surface area contributed by atoms with Crippen LogP contribution in [0.5, 0.6) is 5.75 Å². The van der Waals surface area contributed by atoms with Gasteiger partial charge in [0.05, 0.1) is 17.9 Å². The molecule has 3 rings (SSSR count). The molecule has 1 aliphatic heterocycles. The largest absolute Gasteiger partial charge is 0.492 e. The van der Waals surface area contributed by atoms with Crippen LogP contribution in [0.25, 0.3) is 0 Å². The zero-order chi connectivity index (χ0) is 19.2. The summed E-state index contributed by atoms with van der Waals surface area (Å²) in [4.78, 5) is 32.3. The average molecular weight is 368 g/mol. The number of carbonyl (C=O) groups is 2. The van der Waals surface area contributed by atoms with E-state index in [4.69, 9.17) is 4.74 Å². The predicted molar refractivity (Wildman–Crippen MR) is 104 cm³/mol. The van der Waals surface area contributed by atoms with Crippen molar-refractivity contribution in [1.29, 1.82) is 0 Å². The Kier molecular flexibility index (Phi) is 5.90. The van der Waals surface area contributed by atoms with Crippen LogP contribution < -0.4 is 15.0 Å². The van der Waals surface area contributed by atoms with Crippen LogP contribution in [0, 0.1) is 0 Å². The molecule has 0 atom stereocenters. The van der Waals surface area contributed by atoms with Gasteiger partial charge in [-0.05, 0) is 31.2 Å². The Morgan fingerprint density at radius 3 is 2.48 bits per heavy atom. The molecule has 1 fully saturated rings. The van der Waals surface area contributed by atoms with Crippen LogP contribution in [0.4, 0.5) is 11.5 Å². The molecular formula is C20H24N4O3. The van der Waals surface area contributed by atoms with Crippen molar-refractivity contribution < 1.29 is 14.3 Å². The second kappa shape index (κ2) is 8.53. The lowest BCUT2D eigenvalue weighted by molar-refractivity contribution is -0.129. The molecule has 2 aromatic rings. The number of pyridine rings is 1. The lowest BCUT2D eigenvalue weighted by Gasteiger charge is -2.34. The maximum atomic E-state index is 12.5.